The largest absolute Gasteiger partial charge is 0.456 e. The first-order valence-corrected chi connectivity index (χ1v) is 7.22. The van der Waals surface area contributed by atoms with Gasteiger partial charge in [0, 0.05) is 0 Å². The minimum atomic E-state index is -2.27. The normalized spacial score (nSPS) is 14.2. The molecule has 0 heterocycles. The van der Waals surface area contributed by atoms with Crippen molar-refractivity contribution in [2.75, 3.05) is 0 Å². The number of halogens is 2. The molecule has 2 aromatic rings. The fourth-order valence-corrected chi connectivity index (χ4v) is 2.38. The third-order valence-corrected chi connectivity index (χ3v) is 3.67. The fraction of sp³-hybridized carbons (Fsp3) is 0.235. The van der Waals surface area contributed by atoms with Crippen LogP contribution in [-0.4, -0.2) is 22.8 Å². The third-order valence-electron chi connectivity index (χ3n) is 3.49. The van der Waals surface area contributed by atoms with Crippen LogP contribution in [0.3, 0.4) is 0 Å². The van der Waals surface area contributed by atoms with Gasteiger partial charge in [0.15, 0.2) is 5.60 Å². The second-order valence-electron chi connectivity index (χ2n) is 4.88. The van der Waals surface area contributed by atoms with E-state index in [0.717, 1.165) is 0 Å². The highest BCUT2D eigenvalue weighted by Crippen LogP contribution is 2.34. The number of ether oxygens (including phenoxy) is 1. The Labute approximate surface area is 133 Å². The number of carbonyl (C=O) groups excluding carboxylic acids is 1. The maximum Gasteiger partial charge on any atom is 0.356 e. The van der Waals surface area contributed by atoms with Crippen molar-refractivity contribution in [2.24, 2.45) is 0 Å². The predicted molar refractivity (Wildman–Crippen MR) is 82.2 cm³/mol. The van der Waals surface area contributed by atoms with E-state index < -0.39 is 23.3 Å². The molecule has 3 nitrogen and oxygen atoms in total. The molecule has 2 aromatic carbocycles. The van der Waals surface area contributed by atoms with Crippen molar-refractivity contribution in [3.8, 4) is 0 Å². The molecule has 0 fully saturated rings. The van der Waals surface area contributed by atoms with Crippen LogP contribution in [0.15, 0.2) is 60.7 Å². The Balaban J connectivity index is 2.45. The highest BCUT2D eigenvalue weighted by molar-refractivity contribution is 6.28. The molecule has 2 rings (SSSR count). The molecule has 0 aliphatic heterocycles. The number of aliphatic hydroxyl groups is 1. The summed E-state index contributed by atoms with van der Waals surface area (Å²) in [6.07, 6.45) is -1.03. The zero-order valence-electron chi connectivity index (χ0n) is 11.9. The van der Waals surface area contributed by atoms with Gasteiger partial charge < -0.3 is 9.84 Å². The van der Waals surface area contributed by atoms with Crippen molar-refractivity contribution in [3.05, 3.63) is 71.8 Å². The van der Waals surface area contributed by atoms with E-state index in [0.29, 0.717) is 11.1 Å². The lowest BCUT2D eigenvalue weighted by Gasteiger charge is -2.34. The van der Waals surface area contributed by atoms with Crippen molar-refractivity contribution >= 4 is 17.6 Å². The van der Waals surface area contributed by atoms with Crippen molar-refractivity contribution in [2.45, 2.75) is 24.3 Å². The zero-order valence-corrected chi connectivity index (χ0v) is 12.7. The maximum absolute atomic E-state index is 12.9. The Morgan fingerprint density at radius 2 is 1.50 bits per heavy atom. The second-order valence-corrected chi connectivity index (χ2v) is 5.26. The molecule has 1 N–H and O–H groups in total. The molecule has 0 saturated heterocycles. The molecule has 0 aliphatic carbocycles. The smallest absolute Gasteiger partial charge is 0.356 e. The van der Waals surface area contributed by atoms with Crippen molar-refractivity contribution in [1.82, 2.24) is 0 Å². The summed E-state index contributed by atoms with van der Waals surface area (Å²) >= 11 is 5.09. The van der Waals surface area contributed by atoms with E-state index in [1.165, 1.54) is 6.92 Å². The van der Waals surface area contributed by atoms with Gasteiger partial charge in [-0.25, -0.2) is 9.18 Å². The summed E-state index contributed by atoms with van der Waals surface area (Å²) in [6, 6.07) is 17.5. The van der Waals surface area contributed by atoms with Crippen molar-refractivity contribution < 1.29 is 19.0 Å². The summed E-state index contributed by atoms with van der Waals surface area (Å²) in [6.45, 7) is 1.50. The average Bonchev–Trinajstić information content (AvgIpc) is 2.55. The number of benzene rings is 2. The van der Waals surface area contributed by atoms with Crippen LogP contribution in [0.25, 0.3) is 0 Å². The molecule has 0 spiro atoms. The van der Waals surface area contributed by atoms with Crippen LogP contribution >= 0.6 is 11.6 Å². The van der Waals surface area contributed by atoms with Gasteiger partial charge in [-0.1, -0.05) is 72.3 Å². The molecule has 0 radical (unpaired) electrons. The first kappa shape index (κ1) is 16.5. The molecule has 5 heteroatoms. The number of hydrogen-bond donors (Lipinski definition) is 1. The van der Waals surface area contributed by atoms with E-state index in [4.69, 9.17) is 16.3 Å². The number of hydrogen-bond acceptors (Lipinski definition) is 3. The lowest BCUT2D eigenvalue weighted by atomic mass is 9.82. The Morgan fingerprint density at radius 3 is 1.86 bits per heavy atom. The molecule has 0 saturated carbocycles. The lowest BCUT2D eigenvalue weighted by molar-refractivity contribution is -0.162. The summed E-state index contributed by atoms with van der Waals surface area (Å²) in [7, 11) is 0. The second kappa shape index (κ2) is 6.90. The number of esters is 1. The number of rotatable bonds is 5. The van der Waals surface area contributed by atoms with Crippen LogP contribution in [0.4, 0.5) is 4.39 Å². The predicted octanol–water partition coefficient (Wildman–Crippen LogP) is 3.39. The molecule has 0 aliphatic rings. The minimum Gasteiger partial charge on any atom is -0.456 e. The summed E-state index contributed by atoms with van der Waals surface area (Å²) in [5.41, 5.74) is -2.81. The van der Waals surface area contributed by atoms with E-state index in [1.807, 2.05) is 12.1 Å². The van der Waals surface area contributed by atoms with E-state index >= 15 is 0 Å². The molecule has 1 unspecified atom stereocenters. The number of carbonyl (C=O) groups is 1. The monoisotopic (exact) mass is 322 g/mol. The summed E-state index contributed by atoms with van der Waals surface area (Å²) < 4.78 is 17.8. The Kier molecular flexibility index (Phi) is 5.16. The van der Waals surface area contributed by atoms with E-state index in [-0.39, 0.29) is 0 Å². The molecule has 0 aromatic heterocycles. The van der Waals surface area contributed by atoms with E-state index in [2.05, 4.69) is 0 Å². The highest BCUT2D eigenvalue weighted by atomic mass is 35.5. The Hall–Kier alpha value is -1.91. The fourth-order valence-electron chi connectivity index (χ4n) is 2.33. The highest BCUT2D eigenvalue weighted by Gasteiger charge is 2.40. The van der Waals surface area contributed by atoms with Gasteiger partial charge in [0.2, 0.25) is 0 Å². The van der Waals surface area contributed by atoms with Gasteiger partial charge in [-0.3, -0.25) is 0 Å². The van der Waals surface area contributed by atoms with Gasteiger partial charge in [-0.15, -0.1) is 0 Å². The molecule has 0 bridgehead atoms. The SMILES string of the molecule is C[C@H](OC(=O)C(F)Cl)C(O)(c1ccccc1)c1ccccc1. The van der Waals surface area contributed by atoms with Crippen LogP contribution in [0.1, 0.15) is 18.1 Å². The number of alkyl halides is 2. The Morgan fingerprint density at radius 1 is 1.09 bits per heavy atom. The van der Waals surface area contributed by atoms with Gasteiger partial charge in [0.1, 0.15) is 6.10 Å². The molecular formula is C17H16ClFO3. The average molecular weight is 323 g/mol. The lowest BCUT2D eigenvalue weighted by Crippen LogP contribution is -2.42. The van der Waals surface area contributed by atoms with Crippen LogP contribution in [0.2, 0.25) is 0 Å². The maximum atomic E-state index is 12.9. The standard InChI is InChI=1S/C17H16ClFO3/c1-12(22-16(20)15(18)19)17(21,13-8-4-2-5-9-13)14-10-6-3-7-11-14/h2-12,15,21H,1H3/t12-,15?/m0/s1. The minimum absolute atomic E-state index is 0.534. The quantitative estimate of drug-likeness (QED) is 0.678. The van der Waals surface area contributed by atoms with Gasteiger partial charge in [0.05, 0.1) is 0 Å². The summed E-state index contributed by atoms with van der Waals surface area (Å²) in [5, 5.41) is 11.2. The van der Waals surface area contributed by atoms with Gasteiger partial charge in [-0.2, -0.15) is 0 Å². The van der Waals surface area contributed by atoms with E-state index in [9.17, 15) is 14.3 Å². The molecular weight excluding hydrogens is 307 g/mol. The molecule has 2 atom stereocenters. The van der Waals surface area contributed by atoms with Crippen molar-refractivity contribution in [3.63, 3.8) is 0 Å². The zero-order chi connectivity index (χ0) is 16.2. The van der Waals surface area contributed by atoms with Crippen LogP contribution in [0, 0.1) is 0 Å². The van der Waals surface area contributed by atoms with Crippen molar-refractivity contribution in [1.29, 1.82) is 0 Å². The third kappa shape index (κ3) is 3.29. The van der Waals surface area contributed by atoms with Crippen LogP contribution in [0.5, 0.6) is 0 Å². The molecule has 0 amide bonds. The van der Waals surface area contributed by atoms with Crippen LogP contribution < -0.4 is 0 Å². The topological polar surface area (TPSA) is 46.5 Å². The van der Waals surface area contributed by atoms with E-state index in [1.54, 1.807) is 48.5 Å². The van der Waals surface area contributed by atoms with Gasteiger partial charge in [0.25, 0.3) is 5.63 Å². The molecule has 116 valence electrons. The van der Waals surface area contributed by atoms with Gasteiger partial charge in [-0.05, 0) is 18.1 Å². The van der Waals surface area contributed by atoms with Crippen LogP contribution in [-0.2, 0) is 15.1 Å². The summed E-state index contributed by atoms with van der Waals surface area (Å²) in [4.78, 5) is 11.4. The first-order valence-electron chi connectivity index (χ1n) is 6.78. The summed E-state index contributed by atoms with van der Waals surface area (Å²) in [5.74, 6) is -1.22. The Bertz CT molecular complexity index is 577. The molecule has 22 heavy (non-hydrogen) atoms. The first-order chi connectivity index (χ1) is 10.5. The van der Waals surface area contributed by atoms with Gasteiger partial charge >= 0.3 is 5.97 Å².